The number of nitrogens with one attached hydrogen (secondary N) is 1. The largest absolute Gasteiger partial charge is 0.514 e. The quantitative estimate of drug-likeness (QED) is 0.473. The van der Waals surface area contributed by atoms with E-state index in [1.807, 2.05) is 0 Å². The summed E-state index contributed by atoms with van der Waals surface area (Å²) >= 11 is 0. The lowest BCUT2D eigenvalue weighted by molar-refractivity contribution is 0.476. The molecule has 4 heteroatoms. The SMILES string of the molecule is N#CC(=CO)c1c[nH]ccc1=O. The Hall–Kier alpha value is -2.02. The standard InChI is InChI=1S/C8H6N2O2/c9-3-6(5-11)7-4-10-2-1-8(7)12/h1-2,4-5,11H,(H,10,12). The minimum absolute atomic E-state index is 0.0446. The summed E-state index contributed by atoms with van der Waals surface area (Å²) in [6.07, 6.45) is 3.44. The Morgan fingerprint density at radius 2 is 2.50 bits per heavy atom. The maximum absolute atomic E-state index is 11.1. The highest BCUT2D eigenvalue weighted by Crippen LogP contribution is 2.04. The van der Waals surface area contributed by atoms with Gasteiger partial charge in [-0.15, -0.1) is 0 Å². The smallest absolute Gasteiger partial charge is 0.190 e. The summed E-state index contributed by atoms with van der Waals surface area (Å²) in [5.41, 5.74) is -0.171. The van der Waals surface area contributed by atoms with Crippen molar-refractivity contribution in [3.63, 3.8) is 0 Å². The zero-order valence-corrected chi connectivity index (χ0v) is 6.11. The summed E-state index contributed by atoms with van der Waals surface area (Å²) in [6.45, 7) is 0. The van der Waals surface area contributed by atoms with Gasteiger partial charge in [-0.2, -0.15) is 5.26 Å². The molecule has 2 N–H and O–H groups in total. The van der Waals surface area contributed by atoms with Gasteiger partial charge < -0.3 is 10.1 Å². The van der Waals surface area contributed by atoms with E-state index in [1.54, 1.807) is 6.07 Å². The Morgan fingerprint density at radius 1 is 1.75 bits per heavy atom. The fourth-order valence-electron chi connectivity index (χ4n) is 0.785. The van der Waals surface area contributed by atoms with Gasteiger partial charge in [0.15, 0.2) is 5.43 Å². The van der Waals surface area contributed by atoms with Crippen molar-refractivity contribution in [1.82, 2.24) is 4.98 Å². The van der Waals surface area contributed by atoms with E-state index in [1.165, 1.54) is 18.5 Å². The van der Waals surface area contributed by atoms with Crippen LogP contribution in [0.15, 0.2) is 29.5 Å². The highest BCUT2D eigenvalue weighted by atomic mass is 16.2. The highest BCUT2D eigenvalue weighted by Gasteiger charge is 2.03. The topological polar surface area (TPSA) is 76.9 Å². The van der Waals surface area contributed by atoms with Crippen LogP contribution in [0, 0.1) is 11.3 Å². The minimum atomic E-state index is -0.296. The summed E-state index contributed by atoms with van der Waals surface area (Å²) in [5.74, 6) is 0. The molecule has 0 saturated carbocycles. The van der Waals surface area contributed by atoms with Crippen LogP contribution >= 0.6 is 0 Å². The second kappa shape index (κ2) is 3.39. The summed E-state index contributed by atoms with van der Waals surface area (Å²) in [5, 5.41) is 17.0. The van der Waals surface area contributed by atoms with Crippen molar-refractivity contribution in [3.05, 3.63) is 40.5 Å². The molecule has 4 nitrogen and oxygen atoms in total. The van der Waals surface area contributed by atoms with E-state index in [9.17, 15) is 4.79 Å². The van der Waals surface area contributed by atoms with Gasteiger partial charge in [0.05, 0.1) is 17.4 Å². The molecule has 1 rings (SSSR count). The minimum Gasteiger partial charge on any atom is -0.514 e. The zero-order valence-electron chi connectivity index (χ0n) is 6.11. The number of nitriles is 1. The number of hydrogen-bond acceptors (Lipinski definition) is 3. The maximum Gasteiger partial charge on any atom is 0.190 e. The number of nitrogens with zero attached hydrogens (tertiary/aromatic N) is 1. The predicted molar refractivity (Wildman–Crippen MR) is 43.3 cm³/mol. The predicted octanol–water partition coefficient (Wildman–Crippen LogP) is 0.797. The van der Waals surface area contributed by atoms with Crippen LogP contribution in [0.3, 0.4) is 0 Å². The molecule has 60 valence electrons. The maximum atomic E-state index is 11.1. The lowest BCUT2D eigenvalue weighted by atomic mass is 10.1. The van der Waals surface area contributed by atoms with Crippen LogP contribution < -0.4 is 5.43 Å². The third-order valence-electron chi connectivity index (χ3n) is 1.36. The molecule has 0 radical (unpaired) electrons. The van der Waals surface area contributed by atoms with Crippen molar-refractivity contribution in [2.24, 2.45) is 0 Å². The van der Waals surface area contributed by atoms with Crippen molar-refractivity contribution in [2.45, 2.75) is 0 Å². The van der Waals surface area contributed by atoms with Crippen LogP contribution in [0.4, 0.5) is 0 Å². The molecule has 0 amide bonds. The number of rotatable bonds is 1. The summed E-state index contributed by atoms with van der Waals surface area (Å²) < 4.78 is 0. The number of aromatic amines is 1. The van der Waals surface area contributed by atoms with E-state index in [4.69, 9.17) is 10.4 Å². The molecular weight excluding hydrogens is 156 g/mol. The van der Waals surface area contributed by atoms with E-state index < -0.39 is 0 Å². The Morgan fingerprint density at radius 3 is 3.00 bits per heavy atom. The fourth-order valence-corrected chi connectivity index (χ4v) is 0.785. The number of hydrogen-bond donors (Lipinski definition) is 2. The number of aromatic nitrogens is 1. The Balaban J connectivity index is 3.31. The van der Waals surface area contributed by atoms with E-state index in [-0.39, 0.29) is 16.6 Å². The monoisotopic (exact) mass is 162 g/mol. The lowest BCUT2D eigenvalue weighted by Gasteiger charge is -1.93. The number of H-pyrrole nitrogens is 1. The number of allylic oxidation sites excluding steroid dienone is 1. The van der Waals surface area contributed by atoms with Crippen molar-refractivity contribution >= 4 is 5.57 Å². The van der Waals surface area contributed by atoms with Gasteiger partial charge >= 0.3 is 0 Å². The number of pyridine rings is 1. The van der Waals surface area contributed by atoms with Crippen molar-refractivity contribution in [2.75, 3.05) is 0 Å². The molecule has 0 unspecified atom stereocenters. The van der Waals surface area contributed by atoms with Gasteiger partial charge in [0.2, 0.25) is 0 Å². The van der Waals surface area contributed by atoms with Crippen LogP contribution in [0.2, 0.25) is 0 Å². The summed E-state index contributed by atoms with van der Waals surface area (Å²) in [4.78, 5) is 13.7. The number of aliphatic hydroxyl groups is 1. The van der Waals surface area contributed by atoms with E-state index in [0.717, 1.165) is 0 Å². The molecule has 1 aromatic heterocycles. The average Bonchev–Trinajstić information content (AvgIpc) is 2.10. The van der Waals surface area contributed by atoms with Gasteiger partial charge in [0, 0.05) is 18.5 Å². The van der Waals surface area contributed by atoms with Crippen LogP contribution in [0.25, 0.3) is 5.57 Å². The van der Waals surface area contributed by atoms with Crippen molar-refractivity contribution in [1.29, 1.82) is 5.26 Å². The van der Waals surface area contributed by atoms with Crippen molar-refractivity contribution < 1.29 is 5.11 Å². The first kappa shape index (κ1) is 8.08. The second-order valence-corrected chi connectivity index (χ2v) is 2.08. The lowest BCUT2D eigenvalue weighted by Crippen LogP contribution is -2.05. The third-order valence-corrected chi connectivity index (χ3v) is 1.36. The van der Waals surface area contributed by atoms with E-state index in [2.05, 4.69) is 4.98 Å². The number of aliphatic hydroxyl groups excluding tert-OH is 1. The molecule has 0 aromatic carbocycles. The molecular formula is C8H6N2O2. The van der Waals surface area contributed by atoms with Crippen LogP contribution in [-0.4, -0.2) is 10.1 Å². The molecule has 0 atom stereocenters. The molecule has 0 aliphatic heterocycles. The van der Waals surface area contributed by atoms with Gasteiger partial charge in [-0.05, 0) is 0 Å². The fraction of sp³-hybridized carbons (Fsp3) is 0. The van der Waals surface area contributed by atoms with Crippen LogP contribution in [-0.2, 0) is 0 Å². The molecule has 0 aliphatic rings. The molecule has 1 aromatic rings. The normalized spacial score (nSPS) is 10.8. The van der Waals surface area contributed by atoms with Gasteiger partial charge in [0.1, 0.15) is 6.07 Å². The van der Waals surface area contributed by atoms with Gasteiger partial charge in [-0.3, -0.25) is 4.79 Å². The molecule has 0 saturated heterocycles. The Bertz CT molecular complexity index is 398. The molecule has 0 aliphatic carbocycles. The Labute approximate surface area is 68.4 Å². The van der Waals surface area contributed by atoms with Crippen LogP contribution in [0.5, 0.6) is 0 Å². The first-order chi connectivity index (χ1) is 5.79. The summed E-state index contributed by atoms with van der Waals surface area (Å²) in [7, 11) is 0. The third kappa shape index (κ3) is 1.35. The molecule has 0 bridgehead atoms. The van der Waals surface area contributed by atoms with Gasteiger partial charge in [0.25, 0.3) is 0 Å². The summed E-state index contributed by atoms with van der Waals surface area (Å²) in [6, 6.07) is 2.99. The molecule has 0 spiro atoms. The van der Waals surface area contributed by atoms with E-state index in [0.29, 0.717) is 6.26 Å². The zero-order chi connectivity index (χ0) is 8.97. The molecule has 0 fully saturated rings. The van der Waals surface area contributed by atoms with E-state index >= 15 is 0 Å². The second-order valence-electron chi connectivity index (χ2n) is 2.08. The first-order valence-electron chi connectivity index (χ1n) is 3.21. The Kier molecular flexibility index (Phi) is 2.29. The van der Waals surface area contributed by atoms with Gasteiger partial charge in [-0.1, -0.05) is 0 Å². The van der Waals surface area contributed by atoms with Crippen molar-refractivity contribution in [3.8, 4) is 6.07 Å². The van der Waals surface area contributed by atoms with Gasteiger partial charge in [-0.25, -0.2) is 0 Å². The highest BCUT2D eigenvalue weighted by molar-refractivity contribution is 5.74. The average molecular weight is 162 g/mol. The molecule has 12 heavy (non-hydrogen) atoms. The van der Waals surface area contributed by atoms with Crippen LogP contribution in [0.1, 0.15) is 5.56 Å². The molecule has 1 heterocycles. The first-order valence-corrected chi connectivity index (χ1v) is 3.21.